The summed E-state index contributed by atoms with van der Waals surface area (Å²) < 4.78 is 32.0. The minimum atomic E-state index is -3.94. The average Bonchev–Trinajstić information content (AvgIpc) is 2.61. The third-order valence-electron chi connectivity index (χ3n) is 3.75. The van der Waals surface area contributed by atoms with Crippen molar-refractivity contribution >= 4 is 27.5 Å². The number of sulfonamides is 1. The zero-order valence-corrected chi connectivity index (χ0v) is 15.2. The van der Waals surface area contributed by atoms with E-state index in [1.54, 1.807) is 0 Å². The fourth-order valence-corrected chi connectivity index (χ4v) is 3.64. The summed E-state index contributed by atoms with van der Waals surface area (Å²) >= 11 is 5.74. The molecule has 0 saturated carbocycles. The fourth-order valence-electron chi connectivity index (χ4n) is 2.33. The molecule has 140 valence electrons. The molecule has 3 N–H and O–H groups in total. The average molecular weight is 392 g/mol. The predicted molar refractivity (Wildman–Crippen MR) is 92.9 cm³/mol. The predicted octanol–water partition coefficient (Wildman–Crippen LogP) is -0.572. The number of morpholine rings is 1. The number of aliphatic hydroxyl groups excluding tert-OH is 1. The summed E-state index contributed by atoms with van der Waals surface area (Å²) in [5.74, 6) is -0.576. The van der Waals surface area contributed by atoms with Crippen molar-refractivity contribution in [3.63, 3.8) is 0 Å². The van der Waals surface area contributed by atoms with Crippen molar-refractivity contribution in [1.29, 1.82) is 0 Å². The Kier molecular flexibility index (Phi) is 7.60. The number of rotatable bonds is 8. The van der Waals surface area contributed by atoms with Crippen LogP contribution >= 0.6 is 11.6 Å². The maximum atomic E-state index is 12.3. The molecule has 0 aliphatic carbocycles. The Morgan fingerprint density at radius 2 is 1.92 bits per heavy atom. The summed E-state index contributed by atoms with van der Waals surface area (Å²) in [4.78, 5) is 14.2. The van der Waals surface area contributed by atoms with E-state index < -0.39 is 28.6 Å². The summed E-state index contributed by atoms with van der Waals surface area (Å²) in [5, 5.41) is 12.4. The van der Waals surface area contributed by atoms with Crippen LogP contribution in [-0.2, 0) is 19.6 Å². The van der Waals surface area contributed by atoms with Gasteiger partial charge in [0.1, 0.15) is 6.04 Å². The van der Waals surface area contributed by atoms with E-state index in [0.717, 1.165) is 13.1 Å². The number of hydrogen-bond acceptors (Lipinski definition) is 6. The van der Waals surface area contributed by atoms with Crippen LogP contribution in [0.15, 0.2) is 29.2 Å². The molecule has 25 heavy (non-hydrogen) atoms. The maximum Gasteiger partial charge on any atom is 0.241 e. The Labute approximate surface area is 152 Å². The van der Waals surface area contributed by atoms with E-state index in [9.17, 15) is 18.3 Å². The number of hydrogen-bond donors (Lipinski definition) is 3. The van der Waals surface area contributed by atoms with Gasteiger partial charge >= 0.3 is 0 Å². The molecule has 1 atom stereocenters. The van der Waals surface area contributed by atoms with Gasteiger partial charge in [0, 0.05) is 31.2 Å². The Balaban J connectivity index is 1.87. The Bertz CT molecular complexity index is 662. The standard InChI is InChI=1S/C15H22ClN3O5S/c16-12-1-3-13(4-2-12)25(22,23)18-14(11-20)15(21)17-5-6-19-7-9-24-10-8-19/h1-4,14,18,20H,5-11H2,(H,17,21). The van der Waals surface area contributed by atoms with E-state index in [1.165, 1.54) is 24.3 Å². The highest BCUT2D eigenvalue weighted by atomic mass is 35.5. The van der Waals surface area contributed by atoms with E-state index in [2.05, 4.69) is 14.9 Å². The highest BCUT2D eigenvalue weighted by Crippen LogP contribution is 2.14. The van der Waals surface area contributed by atoms with Crippen LogP contribution in [0.25, 0.3) is 0 Å². The molecule has 2 rings (SSSR count). The summed E-state index contributed by atoms with van der Waals surface area (Å²) in [5.41, 5.74) is 0. The number of ether oxygens (including phenoxy) is 1. The van der Waals surface area contributed by atoms with Gasteiger partial charge in [-0.05, 0) is 24.3 Å². The van der Waals surface area contributed by atoms with Gasteiger partial charge in [-0.15, -0.1) is 0 Å². The van der Waals surface area contributed by atoms with Gasteiger partial charge in [-0.25, -0.2) is 8.42 Å². The fraction of sp³-hybridized carbons (Fsp3) is 0.533. The van der Waals surface area contributed by atoms with Crippen molar-refractivity contribution < 1.29 is 23.1 Å². The van der Waals surface area contributed by atoms with Crippen LogP contribution in [0, 0.1) is 0 Å². The summed E-state index contributed by atoms with van der Waals surface area (Å²) in [6, 6.07) is 4.27. The monoisotopic (exact) mass is 391 g/mol. The third kappa shape index (κ3) is 6.21. The molecule has 1 aliphatic heterocycles. The zero-order valence-electron chi connectivity index (χ0n) is 13.7. The smallest absolute Gasteiger partial charge is 0.241 e. The van der Waals surface area contributed by atoms with Crippen LogP contribution in [0.2, 0.25) is 5.02 Å². The van der Waals surface area contributed by atoms with Gasteiger partial charge in [0.05, 0.1) is 24.7 Å². The van der Waals surface area contributed by atoms with Gasteiger partial charge in [-0.2, -0.15) is 4.72 Å². The number of benzene rings is 1. The quantitative estimate of drug-likeness (QED) is 0.547. The molecule has 0 spiro atoms. The summed E-state index contributed by atoms with van der Waals surface area (Å²) in [6.07, 6.45) is 0. The Hall–Kier alpha value is -1.23. The van der Waals surface area contributed by atoms with Crippen molar-refractivity contribution in [3.8, 4) is 0 Å². The summed E-state index contributed by atoms with van der Waals surface area (Å²) in [6.45, 7) is 3.26. The first-order valence-electron chi connectivity index (χ1n) is 7.89. The first kappa shape index (κ1) is 20.1. The first-order chi connectivity index (χ1) is 11.9. The second kappa shape index (κ2) is 9.46. The molecule has 1 fully saturated rings. The number of nitrogens with zero attached hydrogens (tertiary/aromatic N) is 1. The Morgan fingerprint density at radius 3 is 2.52 bits per heavy atom. The van der Waals surface area contributed by atoms with Gasteiger partial charge in [0.15, 0.2) is 0 Å². The molecule has 1 aromatic carbocycles. The molecule has 1 amide bonds. The van der Waals surface area contributed by atoms with Crippen LogP contribution in [0.3, 0.4) is 0 Å². The number of carbonyl (C=O) groups is 1. The lowest BCUT2D eigenvalue weighted by atomic mass is 10.3. The molecule has 0 radical (unpaired) electrons. The molecule has 0 aromatic heterocycles. The van der Waals surface area contributed by atoms with Gasteiger partial charge < -0.3 is 15.2 Å². The van der Waals surface area contributed by atoms with Crippen molar-refractivity contribution in [3.05, 3.63) is 29.3 Å². The molecule has 1 aliphatic rings. The lowest BCUT2D eigenvalue weighted by Gasteiger charge is -2.26. The SMILES string of the molecule is O=C(NCCN1CCOCC1)C(CO)NS(=O)(=O)c1ccc(Cl)cc1. The minimum Gasteiger partial charge on any atom is -0.394 e. The second-order valence-electron chi connectivity index (χ2n) is 5.56. The van der Waals surface area contributed by atoms with Gasteiger partial charge in [-0.1, -0.05) is 11.6 Å². The molecule has 8 nitrogen and oxygen atoms in total. The number of amides is 1. The molecule has 1 aromatic rings. The van der Waals surface area contributed by atoms with Crippen molar-refractivity contribution in [1.82, 2.24) is 14.9 Å². The van der Waals surface area contributed by atoms with E-state index in [4.69, 9.17) is 16.3 Å². The van der Waals surface area contributed by atoms with Crippen molar-refractivity contribution in [2.75, 3.05) is 46.0 Å². The molecule has 1 saturated heterocycles. The van der Waals surface area contributed by atoms with Crippen molar-refractivity contribution in [2.24, 2.45) is 0 Å². The molecule has 1 heterocycles. The second-order valence-corrected chi connectivity index (χ2v) is 7.71. The Morgan fingerprint density at radius 1 is 1.28 bits per heavy atom. The summed E-state index contributed by atoms with van der Waals surface area (Å²) in [7, 11) is -3.94. The number of nitrogens with one attached hydrogen (secondary N) is 2. The maximum absolute atomic E-state index is 12.3. The van der Waals surface area contributed by atoms with E-state index >= 15 is 0 Å². The van der Waals surface area contributed by atoms with E-state index in [0.29, 0.717) is 31.3 Å². The third-order valence-corrected chi connectivity index (χ3v) is 5.49. The molecular formula is C15H22ClN3O5S. The highest BCUT2D eigenvalue weighted by Gasteiger charge is 2.25. The minimum absolute atomic E-state index is 0.0310. The molecule has 1 unspecified atom stereocenters. The number of carbonyl (C=O) groups excluding carboxylic acids is 1. The lowest BCUT2D eigenvalue weighted by molar-refractivity contribution is -0.123. The lowest BCUT2D eigenvalue weighted by Crippen LogP contribution is -2.50. The molecule has 0 bridgehead atoms. The van der Waals surface area contributed by atoms with E-state index in [-0.39, 0.29) is 4.90 Å². The van der Waals surface area contributed by atoms with Crippen LogP contribution in [0.1, 0.15) is 0 Å². The van der Waals surface area contributed by atoms with Crippen LogP contribution in [-0.4, -0.2) is 76.4 Å². The van der Waals surface area contributed by atoms with Gasteiger partial charge in [0.25, 0.3) is 0 Å². The van der Waals surface area contributed by atoms with Crippen molar-refractivity contribution in [2.45, 2.75) is 10.9 Å². The zero-order chi connectivity index (χ0) is 18.3. The van der Waals surface area contributed by atoms with Crippen LogP contribution in [0.5, 0.6) is 0 Å². The molecule has 10 heteroatoms. The number of aliphatic hydroxyl groups is 1. The molecular weight excluding hydrogens is 370 g/mol. The first-order valence-corrected chi connectivity index (χ1v) is 9.75. The topological polar surface area (TPSA) is 108 Å². The van der Waals surface area contributed by atoms with E-state index in [1.807, 2.05) is 0 Å². The van der Waals surface area contributed by atoms with Gasteiger partial charge in [-0.3, -0.25) is 9.69 Å². The highest BCUT2D eigenvalue weighted by molar-refractivity contribution is 7.89. The van der Waals surface area contributed by atoms with Gasteiger partial charge in [0.2, 0.25) is 15.9 Å². The normalized spacial score (nSPS) is 17.2. The van der Waals surface area contributed by atoms with Crippen LogP contribution < -0.4 is 10.0 Å². The largest absolute Gasteiger partial charge is 0.394 e. The number of halogens is 1. The van der Waals surface area contributed by atoms with Crippen LogP contribution in [0.4, 0.5) is 0 Å².